The number of fused-ring (bicyclic) bond motifs is 1. The van der Waals surface area contributed by atoms with Gasteiger partial charge in [-0.3, -0.25) is 4.68 Å². The smallest absolute Gasteiger partial charge is 0.152 e. The second-order valence-corrected chi connectivity index (χ2v) is 9.66. The molecule has 0 N–H and O–H groups in total. The predicted octanol–water partition coefficient (Wildman–Crippen LogP) is 2.54. The first-order valence-corrected chi connectivity index (χ1v) is 10.3. The zero-order chi connectivity index (χ0) is 16.9. The monoisotopic (exact) mass is 345 g/mol. The molecule has 1 aromatic carbocycles. The van der Waals surface area contributed by atoms with E-state index in [1.807, 2.05) is 24.0 Å². The van der Waals surface area contributed by atoms with E-state index < -0.39 is 15.4 Å². The van der Waals surface area contributed by atoms with E-state index in [1.54, 1.807) is 0 Å². The fraction of sp³-hybridized carbons (Fsp3) is 0.500. The third kappa shape index (κ3) is 2.62. The summed E-state index contributed by atoms with van der Waals surface area (Å²) >= 11 is 0. The van der Waals surface area contributed by atoms with Crippen LogP contribution in [0.1, 0.15) is 37.3 Å². The summed E-state index contributed by atoms with van der Waals surface area (Å²) in [6.07, 6.45) is 4.54. The first-order chi connectivity index (χ1) is 11.4. The number of rotatable bonds is 3. The van der Waals surface area contributed by atoms with E-state index in [0.29, 0.717) is 12.3 Å². The molecule has 0 unspecified atom stereocenters. The Morgan fingerprint density at radius 3 is 2.88 bits per heavy atom. The highest BCUT2D eigenvalue weighted by atomic mass is 32.2. The molecule has 2 aliphatic rings. The maximum Gasteiger partial charge on any atom is 0.152 e. The molecular weight excluding hydrogens is 322 g/mol. The maximum atomic E-state index is 11.8. The molecule has 2 aromatic rings. The Kier molecular flexibility index (Phi) is 3.49. The zero-order valence-electron chi connectivity index (χ0n) is 14.1. The SMILES string of the molecule is C[C@@H]1CN(Cc2cnn([C@@]3(C)CCS(=O)(=O)C3)c2)c2ccccc21. The van der Waals surface area contributed by atoms with E-state index >= 15 is 0 Å². The first kappa shape index (κ1) is 15.7. The first-order valence-electron chi connectivity index (χ1n) is 8.45. The quantitative estimate of drug-likeness (QED) is 0.858. The summed E-state index contributed by atoms with van der Waals surface area (Å²) in [5.41, 5.74) is 3.42. The van der Waals surface area contributed by atoms with Crippen molar-refractivity contribution in [1.82, 2.24) is 9.78 Å². The van der Waals surface area contributed by atoms with Crippen molar-refractivity contribution >= 4 is 15.5 Å². The molecule has 4 rings (SSSR count). The van der Waals surface area contributed by atoms with Crippen LogP contribution in [-0.2, 0) is 21.9 Å². The van der Waals surface area contributed by atoms with Gasteiger partial charge in [-0.05, 0) is 25.0 Å². The van der Waals surface area contributed by atoms with Crippen molar-refractivity contribution in [3.63, 3.8) is 0 Å². The molecule has 128 valence electrons. The fourth-order valence-corrected chi connectivity index (χ4v) is 6.12. The number of anilines is 1. The summed E-state index contributed by atoms with van der Waals surface area (Å²) < 4.78 is 25.5. The molecule has 1 fully saturated rings. The van der Waals surface area contributed by atoms with Crippen LogP contribution in [0.5, 0.6) is 0 Å². The fourth-order valence-electron chi connectivity index (χ4n) is 4.00. The molecular formula is C18H23N3O2S. The van der Waals surface area contributed by atoms with Crippen LogP contribution in [0, 0.1) is 0 Å². The summed E-state index contributed by atoms with van der Waals surface area (Å²) in [7, 11) is -2.93. The van der Waals surface area contributed by atoms with Crippen LogP contribution >= 0.6 is 0 Å². The van der Waals surface area contributed by atoms with Crippen molar-refractivity contribution in [3.05, 3.63) is 47.8 Å². The van der Waals surface area contributed by atoms with Gasteiger partial charge in [0, 0.05) is 36.5 Å². The molecule has 0 saturated carbocycles. The molecule has 1 aromatic heterocycles. The lowest BCUT2D eigenvalue weighted by atomic mass is 10.0. The summed E-state index contributed by atoms with van der Waals surface area (Å²) in [6, 6.07) is 8.55. The number of aromatic nitrogens is 2. The molecule has 5 nitrogen and oxygen atoms in total. The lowest BCUT2D eigenvalue weighted by molar-refractivity contribution is 0.328. The van der Waals surface area contributed by atoms with Gasteiger partial charge in [0.1, 0.15) is 0 Å². The highest BCUT2D eigenvalue weighted by Gasteiger charge is 2.40. The normalized spacial score (nSPS) is 28.2. The predicted molar refractivity (Wildman–Crippen MR) is 95.1 cm³/mol. The Hall–Kier alpha value is -1.82. The molecule has 6 heteroatoms. The van der Waals surface area contributed by atoms with Gasteiger partial charge < -0.3 is 4.90 Å². The molecule has 2 atom stereocenters. The van der Waals surface area contributed by atoms with Crippen LogP contribution in [0.4, 0.5) is 5.69 Å². The lowest BCUT2D eigenvalue weighted by Gasteiger charge is -2.23. The second-order valence-electron chi connectivity index (χ2n) is 7.47. The van der Waals surface area contributed by atoms with Gasteiger partial charge in [-0.25, -0.2) is 8.42 Å². The molecule has 0 bridgehead atoms. The van der Waals surface area contributed by atoms with E-state index in [2.05, 4.69) is 41.2 Å². The van der Waals surface area contributed by atoms with Crippen molar-refractivity contribution in [2.75, 3.05) is 23.0 Å². The molecule has 0 aliphatic carbocycles. The third-order valence-electron chi connectivity index (χ3n) is 5.35. The zero-order valence-corrected chi connectivity index (χ0v) is 15.0. The Labute approximate surface area is 143 Å². The van der Waals surface area contributed by atoms with Crippen LogP contribution < -0.4 is 4.90 Å². The number of hydrogen-bond acceptors (Lipinski definition) is 4. The van der Waals surface area contributed by atoms with Gasteiger partial charge in [0.15, 0.2) is 9.84 Å². The number of sulfone groups is 1. The summed E-state index contributed by atoms with van der Waals surface area (Å²) in [5, 5.41) is 4.48. The average Bonchev–Trinajstić information content (AvgIpc) is 3.19. The highest BCUT2D eigenvalue weighted by molar-refractivity contribution is 7.91. The Bertz CT molecular complexity index is 874. The second kappa shape index (κ2) is 5.34. The Morgan fingerprint density at radius 2 is 2.12 bits per heavy atom. The van der Waals surface area contributed by atoms with Crippen LogP contribution in [0.3, 0.4) is 0 Å². The number of benzene rings is 1. The molecule has 3 heterocycles. The van der Waals surface area contributed by atoms with Gasteiger partial charge in [0.25, 0.3) is 0 Å². The average molecular weight is 345 g/mol. The van der Waals surface area contributed by atoms with Crippen LogP contribution in [0.2, 0.25) is 0 Å². The molecule has 24 heavy (non-hydrogen) atoms. The summed E-state index contributed by atoms with van der Waals surface area (Å²) in [5.74, 6) is 0.981. The van der Waals surface area contributed by atoms with Gasteiger partial charge in [-0.1, -0.05) is 25.1 Å². The van der Waals surface area contributed by atoms with Gasteiger partial charge >= 0.3 is 0 Å². The molecule has 0 spiro atoms. The Morgan fingerprint density at radius 1 is 1.33 bits per heavy atom. The molecule has 2 aliphatic heterocycles. The van der Waals surface area contributed by atoms with E-state index in [1.165, 1.54) is 11.3 Å². The van der Waals surface area contributed by atoms with Crippen molar-refractivity contribution in [1.29, 1.82) is 0 Å². The van der Waals surface area contributed by atoms with E-state index in [0.717, 1.165) is 18.7 Å². The third-order valence-corrected chi connectivity index (χ3v) is 7.24. The largest absolute Gasteiger partial charge is 0.366 e. The molecule has 1 saturated heterocycles. The topological polar surface area (TPSA) is 55.2 Å². The molecule has 0 amide bonds. The van der Waals surface area contributed by atoms with Crippen molar-refractivity contribution in [2.45, 2.75) is 38.3 Å². The van der Waals surface area contributed by atoms with Crippen molar-refractivity contribution < 1.29 is 8.42 Å². The van der Waals surface area contributed by atoms with E-state index in [4.69, 9.17) is 0 Å². The highest BCUT2D eigenvalue weighted by Crippen LogP contribution is 2.37. The standard InChI is InChI=1S/C18H23N3O2S/c1-14-10-20(17-6-4-3-5-16(14)17)11-15-9-19-21(12-15)18(2)7-8-24(22,23)13-18/h3-6,9,12,14H,7-8,10-11,13H2,1-2H3/t14-,18+/m1/s1. The van der Waals surface area contributed by atoms with Crippen LogP contribution in [0.15, 0.2) is 36.7 Å². The summed E-state index contributed by atoms with van der Waals surface area (Å²) in [4.78, 5) is 2.38. The van der Waals surface area contributed by atoms with Crippen LogP contribution in [0.25, 0.3) is 0 Å². The van der Waals surface area contributed by atoms with Crippen molar-refractivity contribution in [2.24, 2.45) is 0 Å². The summed E-state index contributed by atoms with van der Waals surface area (Å²) in [6.45, 7) is 6.06. The molecule has 0 radical (unpaired) electrons. The van der Waals surface area contributed by atoms with Gasteiger partial charge in [-0.2, -0.15) is 5.10 Å². The minimum Gasteiger partial charge on any atom is -0.366 e. The van der Waals surface area contributed by atoms with Crippen LogP contribution in [-0.4, -0.2) is 36.2 Å². The number of para-hydroxylation sites is 1. The number of hydrogen-bond donors (Lipinski definition) is 0. The van der Waals surface area contributed by atoms with E-state index in [9.17, 15) is 8.42 Å². The van der Waals surface area contributed by atoms with Gasteiger partial charge in [-0.15, -0.1) is 0 Å². The minimum absolute atomic E-state index is 0.185. The maximum absolute atomic E-state index is 11.8. The lowest BCUT2D eigenvalue weighted by Crippen LogP contribution is -2.31. The van der Waals surface area contributed by atoms with Crippen molar-refractivity contribution in [3.8, 4) is 0 Å². The van der Waals surface area contributed by atoms with Gasteiger partial charge in [0.05, 0.1) is 23.2 Å². The number of nitrogens with zero attached hydrogens (tertiary/aromatic N) is 3. The Balaban J connectivity index is 1.55. The van der Waals surface area contributed by atoms with Gasteiger partial charge in [0.2, 0.25) is 0 Å². The van der Waals surface area contributed by atoms with E-state index in [-0.39, 0.29) is 11.5 Å². The minimum atomic E-state index is -2.93.